The fourth-order valence-electron chi connectivity index (χ4n) is 3.25. The van der Waals surface area contributed by atoms with E-state index in [1.165, 1.54) is 5.56 Å². The van der Waals surface area contributed by atoms with E-state index in [0.717, 1.165) is 38.6 Å². The Kier molecular flexibility index (Phi) is 7.79. The van der Waals surface area contributed by atoms with Gasteiger partial charge in [-0.3, -0.25) is 9.59 Å². The molecule has 0 saturated carbocycles. The number of rotatable bonds is 7. The molecule has 24 heavy (non-hydrogen) atoms. The van der Waals surface area contributed by atoms with Crippen molar-refractivity contribution in [3.8, 4) is 0 Å². The summed E-state index contributed by atoms with van der Waals surface area (Å²) in [5.74, 6) is 0.557. The molecule has 0 aromatic heterocycles. The van der Waals surface area contributed by atoms with Gasteiger partial charge in [0, 0.05) is 12.5 Å². The van der Waals surface area contributed by atoms with Crippen molar-refractivity contribution in [3.05, 3.63) is 35.9 Å². The maximum Gasteiger partial charge on any atom is 0.237 e. The molecule has 2 unspecified atom stereocenters. The molecule has 132 valence electrons. The van der Waals surface area contributed by atoms with Gasteiger partial charge in [0.1, 0.15) is 0 Å². The third-order valence-corrected chi connectivity index (χ3v) is 4.79. The van der Waals surface area contributed by atoms with Crippen molar-refractivity contribution in [2.75, 3.05) is 6.54 Å². The Morgan fingerprint density at radius 2 is 2.08 bits per heavy atom. The van der Waals surface area contributed by atoms with Crippen molar-refractivity contribution in [2.45, 2.75) is 57.5 Å². The minimum atomic E-state index is -0.185. The molecule has 3 atom stereocenters. The summed E-state index contributed by atoms with van der Waals surface area (Å²) < 4.78 is 0. The number of carbonyl (C=O) groups is 2. The highest BCUT2D eigenvalue weighted by atomic mass is 32.1. The van der Waals surface area contributed by atoms with Crippen LogP contribution in [-0.2, 0) is 16.0 Å². The molecule has 2 rings (SSSR count). The van der Waals surface area contributed by atoms with Gasteiger partial charge in [-0.2, -0.15) is 0 Å². The van der Waals surface area contributed by atoms with Gasteiger partial charge in [-0.1, -0.05) is 37.3 Å². The van der Waals surface area contributed by atoms with E-state index in [1.807, 2.05) is 18.2 Å². The second kappa shape index (κ2) is 9.84. The Hall–Kier alpha value is -1.33. The normalized spacial score (nSPS) is 22.4. The molecule has 1 heterocycles. The van der Waals surface area contributed by atoms with E-state index in [4.69, 9.17) is 0 Å². The van der Waals surface area contributed by atoms with Crippen LogP contribution in [0.5, 0.6) is 0 Å². The Labute approximate surface area is 150 Å². The van der Waals surface area contributed by atoms with Crippen molar-refractivity contribution in [1.82, 2.24) is 10.6 Å². The number of hydrogen-bond donors (Lipinski definition) is 3. The topological polar surface area (TPSA) is 58.2 Å². The van der Waals surface area contributed by atoms with Gasteiger partial charge in [0.25, 0.3) is 0 Å². The minimum absolute atomic E-state index is 0.0106. The fourth-order valence-corrected chi connectivity index (χ4v) is 3.47. The van der Waals surface area contributed by atoms with E-state index >= 15 is 0 Å². The standard InChI is InChI=1S/C19H28N2O2S/c1-14-6-5-11-20-17(12-14)19(23)21-16(13-18(22)24)10-9-15-7-3-2-4-8-15/h2-4,7-8,14,16-17,20H,5-6,9-13H2,1H3,(H,21,23)(H,22,24)/t14?,16?,17-/m0/s1. The summed E-state index contributed by atoms with van der Waals surface area (Å²) in [6.45, 7) is 3.07. The molecule has 2 N–H and O–H groups in total. The van der Waals surface area contributed by atoms with E-state index in [0.29, 0.717) is 5.92 Å². The van der Waals surface area contributed by atoms with Crippen LogP contribution in [0.3, 0.4) is 0 Å². The van der Waals surface area contributed by atoms with E-state index in [2.05, 4.69) is 42.3 Å². The van der Waals surface area contributed by atoms with Crippen molar-refractivity contribution in [2.24, 2.45) is 5.92 Å². The molecule has 1 amide bonds. The zero-order valence-electron chi connectivity index (χ0n) is 14.3. The Morgan fingerprint density at radius 1 is 1.33 bits per heavy atom. The maximum absolute atomic E-state index is 12.6. The molecular weight excluding hydrogens is 320 g/mol. The third-order valence-electron chi connectivity index (χ3n) is 4.61. The largest absolute Gasteiger partial charge is 0.352 e. The van der Waals surface area contributed by atoms with Gasteiger partial charge in [-0.15, -0.1) is 12.6 Å². The second-order valence-corrected chi connectivity index (χ2v) is 7.32. The quantitative estimate of drug-likeness (QED) is 0.664. The van der Waals surface area contributed by atoms with E-state index in [9.17, 15) is 9.59 Å². The van der Waals surface area contributed by atoms with Gasteiger partial charge >= 0.3 is 0 Å². The van der Waals surface area contributed by atoms with Crippen molar-refractivity contribution in [1.29, 1.82) is 0 Å². The van der Waals surface area contributed by atoms with Crippen LogP contribution in [0.2, 0.25) is 0 Å². The summed E-state index contributed by atoms with van der Waals surface area (Å²) in [6.07, 6.45) is 4.96. The van der Waals surface area contributed by atoms with Crippen molar-refractivity contribution in [3.63, 3.8) is 0 Å². The summed E-state index contributed by atoms with van der Waals surface area (Å²) in [4.78, 5) is 24.0. The molecule has 4 nitrogen and oxygen atoms in total. The van der Waals surface area contributed by atoms with Crippen LogP contribution in [0, 0.1) is 5.92 Å². The lowest BCUT2D eigenvalue weighted by atomic mass is 9.98. The lowest BCUT2D eigenvalue weighted by Gasteiger charge is -2.23. The first kappa shape index (κ1) is 19.0. The zero-order chi connectivity index (χ0) is 17.4. The van der Waals surface area contributed by atoms with Gasteiger partial charge in [-0.25, -0.2) is 0 Å². The van der Waals surface area contributed by atoms with E-state index in [1.54, 1.807) is 0 Å². The SMILES string of the molecule is CC1CCCN[C@H](C(=O)NC(CCc2ccccc2)CC(=O)S)C1. The predicted octanol–water partition coefficient (Wildman–Crippen LogP) is 2.73. The lowest BCUT2D eigenvalue weighted by molar-refractivity contribution is -0.124. The molecule has 1 saturated heterocycles. The zero-order valence-corrected chi connectivity index (χ0v) is 15.2. The number of nitrogens with one attached hydrogen (secondary N) is 2. The summed E-state index contributed by atoms with van der Waals surface area (Å²) in [5.41, 5.74) is 1.21. The highest BCUT2D eigenvalue weighted by molar-refractivity contribution is 7.96. The first-order valence-electron chi connectivity index (χ1n) is 8.84. The highest BCUT2D eigenvalue weighted by Crippen LogP contribution is 2.17. The second-order valence-electron chi connectivity index (χ2n) is 6.82. The highest BCUT2D eigenvalue weighted by Gasteiger charge is 2.25. The molecule has 1 aromatic carbocycles. The first-order valence-corrected chi connectivity index (χ1v) is 9.29. The van der Waals surface area contributed by atoms with Crippen LogP contribution in [0.15, 0.2) is 30.3 Å². The molecular formula is C19H28N2O2S. The number of thiol groups is 1. The molecule has 5 heteroatoms. The lowest BCUT2D eigenvalue weighted by Crippen LogP contribution is -2.48. The molecule has 0 spiro atoms. The monoisotopic (exact) mass is 348 g/mol. The van der Waals surface area contributed by atoms with Gasteiger partial charge in [0.05, 0.1) is 6.04 Å². The summed E-state index contributed by atoms with van der Waals surface area (Å²) in [5, 5.41) is 6.21. The summed E-state index contributed by atoms with van der Waals surface area (Å²) >= 11 is 3.89. The number of carbonyl (C=O) groups excluding carboxylic acids is 2. The molecule has 0 radical (unpaired) electrons. The Morgan fingerprint density at radius 3 is 2.79 bits per heavy atom. The average molecular weight is 349 g/mol. The van der Waals surface area contributed by atoms with Gasteiger partial charge in [0.15, 0.2) is 5.12 Å². The average Bonchev–Trinajstić information content (AvgIpc) is 2.77. The van der Waals surface area contributed by atoms with Crippen molar-refractivity contribution >= 4 is 23.7 Å². The van der Waals surface area contributed by atoms with Crippen LogP contribution in [0.25, 0.3) is 0 Å². The van der Waals surface area contributed by atoms with E-state index < -0.39 is 0 Å². The van der Waals surface area contributed by atoms with Crippen LogP contribution in [0.1, 0.15) is 44.6 Å². The smallest absolute Gasteiger partial charge is 0.237 e. The Balaban J connectivity index is 1.91. The number of benzene rings is 1. The molecule has 1 aliphatic rings. The first-order chi connectivity index (χ1) is 11.5. The molecule has 0 aliphatic carbocycles. The maximum atomic E-state index is 12.6. The van der Waals surface area contributed by atoms with Gasteiger partial charge in [-0.05, 0) is 50.1 Å². The molecule has 1 aliphatic heterocycles. The summed E-state index contributed by atoms with van der Waals surface area (Å²) in [7, 11) is 0. The predicted molar refractivity (Wildman–Crippen MR) is 100 cm³/mol. The van der Waals surface area contributed by atoms with Crippen LogP contribution in [0.4, 0.5) is 0 Å². The molecule has 1 fully saturated rings. The summed E-state index contributed by atoms with van der Waals surface area (Å²) in [6, 6.07) is 9.80. The fraction of sp³-hybridized carbons (Fsp3) is 0.579. The van der Waals surface area contributed by atoms with E-state index in [-0.39, 0.29) is 29.5 Å². The molecule has 1 aromatic rings. The minimum Gasteiger partial charge on any atom is -0.352 e. The third kappa shape index (κ3) is 6.65. The number of amides is 1. The van der Waals surface area contributed by atoms with Crippen LogP contribution >= 0.6 is 12.6 Å². The number of aryl methyl sites for hydroxylation is 1. The van der Waals surface area contributed by atoms with Crippen LogP contribution < -0.4 is 10.6 Å². The van der Waals surface area contributed by atoms with Gasteiger partial charge in [0.2, 0.25) is 5.91 Å². The van der Waals surface area contributed by atoms with Crippen molar-refractivity contribution < 1.29 is 9.59 Å². The number of hydrogen-bond acceptors (Lipinski definition) is 3. The Bertz CT molecular complexity index is 535. The van der Waals surface area contributed by atoms with Crippen LogP contribution in [-0.4, -0.2) is 29.7 Å². The van der Waals surface area contributed by atoms with Gasteiger partial charge < -0.3 is 10.6 Å². The molecule has 0 bridgehead atoms.